The largest absolute Gasteiger partial charge is 0.302 e. The summed E-state index contributed by atoms with van der Waals surface area (Å²) >= 11 is 3.58. The quantitative estimate of drug-likeness (QED) is 0.783. The molecule has 0 spiro atoms. The monoisotopic (exact) mass is 269 g/mol. The Hall–Kier alpha value is -0.340. The molecule has 1 rings (SSSR count). The molecule has 0 aliphatic carbocycles. The predicted molar refractivity (Wildman–Crippen MR) is 69.9 cm³/mol. The lowest BCUT2D eigenvalue weighted by Crippen LogP contribution is -2.23. The minimum absolute atomic E-state index is 0.775. The first-order valence-corrected chi connectivity index (χ1v) is 6.34. The highest BCUT2D eigenvalue weighted by molar-refractivity contribution is 9.10. The summed E-state index contributed by atoms with van der Waals surface area (Å²) in [5, 5.41) is 0. The summed E-state index contributed by atoms with van der Waals surface area (Å²) in [6.45, 7) is 6.73. The van der Waals surface area contributed by atoms with Crippen LogP contribution in [0.5, 0.6) is 0 Å². The van der Waals surface area contributed by atoms with E-state index < -0.39 is 0 Å². The van der Waals surface area contributed by atoms with Crippen molar-refractivity contribution < 1.29 is 0 Å². The third-order valence-electron chi connectivity index (χ3n) is 2.72. The van der Waals surface area contributed by atoms with Crippen molar-refractivity contribution in [2.45, 2.75) is 26.8 Å². The number of hydrogen-bond donors (Lipinski definition) is 0. The molecule has 15 heavy (non-hydrogen) atoms. The Kier molecular flexibility index (Phi) is 5.34. The molecule has 0 bridgehead atoms. The first kappa shape index (κ1) is 12.7. The predicted octanol–water partition coefficient (Wildman–Crippen LogP) is 3.93. The molecule has 0 saturated carbocycles. The Bertz CT molecular complexity index is 298. The van der Waals surface area contributed by atoms with Crippen molar-refractivity contribution in [2.24, 2.45) is 5.92 Å². The standard InChI is InChI=1S/C13H20BrN/c1-4-11(2)9-15(3)10-12-7-5-6-8-13(12)14/h5-8,11H,4,9-10H2,1-3H3. The van der Waals surface area contributed by atoms with Crippen LogP contribution in [0.3, 0.4) is 0 Å². The maximum Gasteiger partial charge on any atom is 0.0242 e. The van der Waals surface area contributed by atoms with Crippen LogP contribution in [-0.2, 0) is 6.54 Å². The van der Waals surface area contributed by atoms with Gasteiger partial charge in [-0.1, -0.05) is 54.4 Å². The number of nitrogens with zero attached hydrogens (tertiary/aromatic N) is 1. The van der Waals surface area contributed by atoms with Gasteiger partial charge in [0.1, 0.15) is 0 Å². The first-order valence-electron chi connectivity index (χ1n) is 5.55. The number of hydrogen-bond acceptors (Lipinski definition) is 1. The third-order valence-corrected chi connectivity index (χ3v) is 3.49. The second-order valence-electron chi connectivity index (χ2n) is 4.30. The van der Waals surface area contributed by atoms with Crippen LogP contribution in [-0.4, -0.2) is 18.5 Å². The van der Waals surface area contributed by atoms with E-state index >= 15 is 0 Å². The molecule has 0 aliphatic rings. The highest BCUT2D eigenvalue weighted by atomic mass is 79.9. The molecule has 1 unspecified atom stereocenters. The van der Waals surface area contributed by atoms with Crippen molar-refractivity contribution in [3.63, 3.8) is 0 Å². The van der Waals surface area contributed by atoms with Crippen LogP contribution in [0.4, 0.5) is 0 Å². The molecule has 0 heterocycles. The average molecular weight is 270 g/mol. The zero-order valence-corrected chi connectivity index (χ0v) is 11.4. The van der Waals surface area contributed by atoms with E-state index in [0.29, 0.717) is 0 Å². The Labute approximate surface area is 102 Å². The zero-order valence-electron chi connectivity index (χ0n) is 9.83. The summed E-state index contributed by atoms with van der Waals surface area (Å²) in [7, 11) is 2.19. The van der Waals surface area contributed by atoms with Gasteiger partial charge in [-0.15, -0.1) is 0 Å². The van der Waals surface area contributed by atoms with Gasteiger partial charge in [0.2, 0.25) is 0 Å². The van der Waals surface area contributed by atoms with Crippen LogP contribution < -0.4 is 0 Å². The number of rotatable bonds is 5. The summed E-state index contributed by atoms with van der Waals surface area (Å²) in [4.78, 5) is 2.38. The maximum absolute atomic E-state index is 3.58. The lowest BCUT2D eigenvalue weighted by atomic mass is 10.1. The molecule has 0 fully saturated rings. The van der Waals surface area contributed by atoms with Gasteiger partial charge < -0.3 is 4.90 Å². The van der Waals surface area contributed by atoms with Crippen LogP contribution in [0.2, 0.25) is 0 Å². The van der Waals surface area contributed by atoms with Crippen LogP contribution >= 0.6 is 15.9 Å². The normalized spacial score (nSPS) is 13.1. The van der Waals surface area contributed by atoms with E-state index in [1.165, 1.54) is 16.5 Å². The summed E-state index contributed by atoms with van der Waals surface area (Å²) < 4.78 is 1.21. The molecule has 0 amide bonds. The summed E-state index contributed by atoms with van der Waals surface area (Å²) in [5.74, 6) is 0.775. The molecule has 1 atom stereocenters. The van der Waals surface area contributed by atoms with Crippen LogP contribution in [0.15, 0.2) is 28.7 Å². The third kappa shape index (κ3) is 4.35. The Balaban J connectivity index is 2.51. The van der Waals surface area contributed by atoms with Gasteiger partial charge in [0.25, 0.3) is 0 Å². The van der Waals surface area contributed by atoms with Gasteiger partial charge in [0.05, 0.1) is 0 Å². The van der Waals surface area contributed by atoms with E-state index in [1.54, 1.807) is 0 Å². The van der Waals surface area contributed by atoms with Gasteiger partial charge in [-0.2, -0.15) is 0 Å². The summed E-state index contributed by atoms with van der Waals surface area (Å²) in [6.07, 6.45) is 1.25. The molecule has 1 aromatic carbocycles. The molecule has 2 heteroatoms. The minimum atomic E-state index is 0.775. The Morgan fingerprint density at radius 3 is 2.60 bits per heavy atom. The minimum Gasteiger partial charge on any atom is -0.302 e. The van der Waals surface area contributed by atoms with Crippen molar-refractivity contribution in [3.8, 4) is 0 Å². The Morgan fingerprint density at radius 1 is 1.33 bits per heavy atom. The van der Waals surface area contributed by atoms with E-state index in [4.69, 9.17) is 0 Å². The van der Waals surface area contributed by atoms with Crippen molar-refractivity contribution >= 4 is 15.9 Å². The molecular formula is C13H20BrN. The van der Waals surface area contributed by atoms with E-state index in [2.05, 4.69) is 66.0 Å². The highest BCUT2D eigenvalue weighted by Crippen LogP contribution is 2.17. The van der Waals surface area contributed by atoms with E-state index in [0.717, 1.165) is 19.0 Å². The average Bonchev–Trinajstić information content (AvgIpc) is 2.21. The lowest BCUT2D eigenvalue weighted by Gasteiger charge is -2.20. The lowest BCUT2D eigenvalue weighted by molar-refractivity contribution is 0.275. The molecule has 0 aromatic heterocycles. The van der Waals surface area contributed by atoms with E-state index in [-0.39, 0.29) is 0 Å². The molecule has 0 N–H and O–H groups in total. The van der Waals surface area contributed by atoms with Crippen LogP contribution in [0.1, 0.15) is 25.8 Å². The fourth-order valence-corrected chi connectivity index (χ4v) is 2.05. The Morgan fingerprint density at radius 2 is 2.00 bits per heavy atom. The van der Waals surface area contributed by atoms with Gasteiger partial charge in [-0.05, 0) is 24.6 Å². The van der Waals surface area contributed by atoms with E-state index in [1.807, 2.05) is 0 Å². The fourth-order valence-electron chi connectivity index (χ4n) is 1.64. The van der Waals surface area contributed by atoms with Crippen molar-refractivity contribution in [2.75, 3.05) is 13.6 Å². The molecule has 0 saturated heterocycles. The van der Waals surface area contributed by atoms with Gasteiger partial charge in [-0.3, -0.25) is 0 Å². The van der Waals surface area contributed by atoms with Gasteiger partial charge >= 0.3 is 0 Å². The highest BCUT2D eigenvalue weighted by Gasteiger charge is 2.06. The van der Waals surface area contributed by atoms with Crippen LogP contribution in [0, 0.1) is 5.92 Å². The topological polar surface area (TPSA) is 3.24 Å². The number of benzene rings is 1. The number of halogens is 1. The maximum atomic E-state index is 3.58. The van der Waals surface area contributed by atoms with Gasteiger partial charge in [0, 0.05) is 17.6 Å². The van der Waals surface area contributed by atoms with Crippen molar-refractivity contribution in [1.82, 2.24) is 4.90 Å². The van der Waals surface area contributed by atoms with Gasteiger partial charge in [0.15, 0.2) is 0 Å². The molecule has 1 aromatic rings. The molecule has 1 nitrogen and oxygen atoms in total. The smallest absolute Gasteiger partial charge is 0.0242 e. The SMILES string of the molecule is CCC(C)CN(C)Cc1ccccc1Br. The van der Waals surface area contributed by atoms with Crippen molar-refractivity contribution in [3.05, 3.63) is 34.3 Å². The first-order chi connectivity index (χ1) is 7.13. The fraction of sp³-hybridized carbons (Fsp3) is 0.538. The van der Waals surface area contributed by atoms with Gasteiger partial charge in [-0.25, -0.2) is 0 Å². The molecular weight excluding hydrogens is 250 g/mol. The molecule has 0 aliphatic heterocycles. The molecule has 0 radical (unpaired) electrons. The molecule has 84 valence electrons. The van der Waals surface area contributed by atoms with E-state index in [9.17, 15) is 0 Å². The summed E-state index contributed by atoms with van der Waals surface area (Å²) in [5.41, 5.74) is 1.36. The van der Waals surface area contributed by atoms with Crippen LogP contribution in [0.25, 0.3) is 0 Å². The summed E-state index contributed by atoms with van der Waals surface area (Å²) in [6, 6.07) is 8.43. The zero-order chi connectivity index (χ0) is 11.3. The van der Waals surface area contributed by atoms with Crippen molar-refractivity contribution in [1.29, 1.82) is 0 Å². The second kappa shape index (κ2) is 6.29. The second-order valence-corrected chi connectivity index (χ2v) is 5.16.